The van der Waals surface area contributed by atoms with Gasteiger partial charge in [-0.1, -0.05) is 34.1 Å². The molecule has 0 bridgehead atoms. The highest BCUT2D eigenvalue weighted by atomic mass is 79.9. The molecule has 1 amide bonds. The van der Waals surface area contributed by atoms with Gasteiger partial charge in [-0.25, -0.2) is 4.98 Å². The molecule has 1 heterocycles. The molecule has 0 aliphatic rings. The number of nitrogens with zero attached hydrogens (tertiary/aromatic N) is 1. The van der Waals surface area contributed by atoms with Crippen molar-refractivity contribution in [1.82, 2.24) is 10.3 Å². The van der Waals surface area contributed by atoms with Gasteiger partial charge in [0, 0.05) is 28.9 Å². The van der Waals surface area contributed by atoms with E-state index in [9.17, 15) is 4.79 Å². The fourth-order valence-corrected chi connectivity index (χ4v) is 2.08. The van der Waals surface area contributed by atoms with Crippen LogP contribution in [0.4, 0.5) is 0 Å². The van der Waals surface area contributed by atoms with Gasteiger partial charge in [0.15, 0.2) is 0 Å². The molecule has 2 aromatic rings. The summed E-state index contributed by atoms with van der Waals surface area (Å²) in [6.45, 7) is 2.83. The van der Waals surface area contributed by atoms with Crippen molar-refractivity contribution in [2.45, 2.75) is 13.5 Å². The minimum atomic E-state index is -0.158. The second-order valence-electron chi connectivity index (χ2n) is 4.50. The Balaban J connectivity index is 1.91. The van der Waals surface area contributed by atoms with Crippen LogP contribution in [-0.4, -0.2) is 17.5 Å². The summed E-state index contributed by atoms with van der Waals surface area (Å²) in [6, 6.07) is 11.4. The molecule has 0 unspecified atom stereocenters. The SMILES string of the molecule is CCOc1ncccc1CNC(=O)C=Cc1ccc(Br)cc1. The van der Waals surface area contributed by atoms with Crippen LogP contribution in [0.3, 0.4) is 0 Å². The first-order valence-corrected chi connectivity index (χ1v) is 7.76. The van der Waals surface area contributed by atoms with Crippen LogP contribution >= 0.6 is 15.9 Å². The van der Waals surface area contributed by atoms with E-state index in [1.807, 2.05) is 43.3 Å². The van der Waals surface area contributed by atoms with Crippen molar-refractivity contribution in [3.8, 4) is 5.88 Å². The number of carbonyl (C=O) groups is 1. The largest absolute Gasteiger partial charge is 0.478 e. The van der Waals surface area contributed by atoms with Crippen LogP contribution in [0.25, 0.3) is 6.08 Å². The summed E-state index contributed by atoms with van der Waals surface area (Å²) >= 11 is 3.37. The Morgan fingerprint density at radius 3 is 2.82 bits per heavy atom. The Bertz CT molecular complexity index is 654. The molecule has 0 saturated carbocycles. The molecule has 0 saturated heterocycles. The third kappa shape index (κ3) is 5.00. The van der Waals surface area contributed by atoms with E-state index >= 15 is 0 Å². The average Bonchev–Trinajstić information content (AvgIpc) is 2.54. The minimum absolute atomic E-state index is 0.158. The highest BCUT2D eigenvalue weighted by molar-refractivity contribution is 9.10. The molecule has 0 atom stereocenters. The smallest absolute Gasteiger partial charge is 0.244 e. The predicted molar refractivity (Wildman–Crippen MR) is 90.4 cm³/mol. The predicted octanol–water partition coefficient (Wildman–Crippen LogP) is 3.57. The number of hydrogen-bond donors (Lipinski definition) is 1. The minimum Gasteiger partial charge on any atom is -0.478 e. The molecule has 1 aromatic heterocycles. The highest BCUT2D eigenvalue weighted by Crippen LogP contribution is 2.14. The molecule has 0 radical (unpaired) electrons. The van der Waals surface area contributed by atoms with E-state index in [1.165, 1.54) is 6.08 Å². The summed E-state index contributed by atoms with van der Waals surface area (Å²) < 4.78 is 6.43. The maximum atomic E-state index is 11.9. The third-order valence-electron chi connectivity index (χ3n) is 2.88. The van der Waals surface area contributed by atoms with E-state index in [0.717, 1.165) is 15.6 Å². The second kappa shape index (κ2) is 8.34. The number of hydrogen-bond acceptors (Lipinski definition) is 3. The van der Waals surface area contributed by atoms with Crippen molar-refractivity contribution in [2.75, 3.05) is 6.61 Å². The number of aromatic nitrogens is 1. The molecule has 0 aliphatic heterocycles. The van der Waals surface area contributed by atoms with Crippen molar-refractivity contribution in [1.29, 1.82) is 0 Å². The van der Waals surface area contributed by atoms with E-state index < -0.39 is 0 Å². The second-order valence-corrected chi connectivity index (χ2v) is 5.42. The van der Waals surface area contributed by atoms with Crippen LogP contribution in [0.5, 0.6) is 5.88 Å². The van der Waals surface area contributed by atoms with Gasteiger partial charge in [0.05, 0.1) is 6.61 Å². The Morgan fingerprint density at radius 2 is 2.09 bits per heavy atom. The fraction of sp³-hybridized carbons (Fsp3) is 0.176. The van der Waals surface area contributed by atoms with Crippen LogP contribution in [0.2, 0.25) is 0 Å². The summed E-state index contributed by atoms with van der Waals surface area (Å²) in [7, 11) is 0. The molecule has 22 heavy (non-hydrogen) atoms. The molecule has 4 nitrogen and oxygen atoms in total. The molecule has 0 aliphatic carbocycles. The Hall–Kier alpha value is -2.14. The van der Waals surface area contributed by atoms with Crippen LogP contribution in [0, 0.1) is 0 Å². The average molecular weight is 361 g/mol. The van der Waals surface area contributed by atoms with Crippen molar-refractivity contribution in [2.24, 2.45) is 0 Å². The van der Waals surface area contributed by atoms with Gasteiger partial charge >= 0.3 is 0 Å². The fourth-order valence-electron chi connectivity index (χ4n) is 1.81. The van der Waals surface area contributed by atoms with Gasteiger partial charge in [-0.15, -0.1) is 0 Å². The number of carbonyl (C=O) groups excluding carboxylic acids is 1. The molecular formula is C17H17BrN2O2. The van der Waals surface area contributed by atoms with E-state index in [4.69, 9.17) is 4.74 Å². The molecule has 0 spiro atoms. The monoisotopic (exact) mass is 360 g/mol. The molecule has 114 valence electrons. The van der Waals surface area contributed by atoms with E-state index in [0.29, 0.717) is 19.0 Å². The lowest BCUT2D eigenvalue weighted by atomic mass is 10.2. The number of benzene rings is 1. The number of rotatable bonds is 6. The van der Waals surface area contributed by atoms with Gasteiger partial charge in [-0.05, 0) is 36.8 Å². The Labute approximate surface area is 138 Å². The quantitative estimate of drug-likeness (QED) is 0.801. The van der Waals surface area contributed by atoms with E-state index in [1.54, 1.807) is 12.3 Å². The molecule has 5 heteroatoms. The maximum Gasteiger partial charge on any atom is 0.244 e. The zero-order valence-electron chi connectivity index (χ0n) is 12.3. The third-order valence-corrected chi connectivity index (χ3v) is 3.41. The van der Waals surface area contributed by atoms with E-state index in [2.05, 4.69) is 26.2 Å². The van der Waals surface area contributed by atoms with Gasteiger partial charge < -0.3 is 10.1 Å². The number of nitrogens with one attached hydrogen (secondary N) is 1. The van der Waals surface area contributed by atoms with Gasteiger partial charge in [-0.2, -0.15) is 0 Å². The van der Waals surface area contributed by atoms with Crippen molar-refractivity contribution in [3.05, 3.63) is 64.3 Å². The summed E-state index contributed by atoms with van der Waals surface area (Å²) in [5.41, 5.74) is 1.82. The molecule has 2 rings (SSSR count). The maximum absolute atomic E-state index is 11.9. The number of pyridine rings is 1. The first-order chi connectivity index (χ1) is 10.7. The first kappa shape index (κ1) is 16.2. The van der Waals surface area contributed by atoms with E-state index in [-0.39, 0.29) is 5.91 Å². The van der Waals surface area contributed by atoms with Crippen LogP contribution in [-0.2, 0) is 11.3 Å². The number of amides is 1. The van der Waals surface area contributed by atoms with Crippen molar-refractivity contribution in [3.63, 3.8) is 0 Å². The standard InChI is InChI=1S/C17H17BrN2O2/c1-2-22-17-14(4-3-11-19-17)12-20-16(21)10-7-13-5-8-15(18)9-6-13/h3-11H,2,12H2,1H3,(H,20,21). The lowest BCUT2D eigenvalue weighted by Gasteiger charge is -2.08. The molecule has 1 N–H and O–H groups in total. The lowest BCUT2D eigenvalue weighted by Crippen LogP contribution is -2.20. The Kier molecular flexibility index (Phi) is 6.15. The first-order valence-electron chi connectivity index (χ1n) is 6.97. The van der Waals surface area contributed by atoms with Gasteiger partial charge in [-0.3, -0.25) is 4.79 Å². The van der Waals surface area contributed by atoms with Crippen molar-refractivity contribution >= 4 is 27.9 Å². The molecule has 0 fully saturated rings. The lowest BCUT2D eigenvalue weighted by molar-refractivity contribution is -0.116. The number of halogens is 1. The highest BCUT2D eigenvalue weighted by Gasteiger charge is 2.04. The summed E-state index contributed by atoms with van der Waals surface area (Å²) in [5, 5.41) is 2.82. The van der Waals surface area contributed by atoms with Crippen LogP contribution in [0.15, 0.2) is 53.1 Å². The summed E-state index contributed by atoms with van der Waals surface area (Å²) in [6.07, 6.45) is 4.96. The normalized spacial score (nSPS) is 10.6. The van der Waals surface area contributed by atoms with Crippen molar-refractivity contribution < 1.29 is 9.53 Å². The van der Waals surface area contributed by atoms with Gasteiger partial charge in [0.2, 0.25) is 11.8 Å². The topological polar surface area (TPSA) is 51.2 Å². The van der Waals surface area contributed by atoms with Gasteiger partial charge in [0.25, 0.3) is 0 Å². The zero-order chi connectivity index (χ0) is 15.8. The summed E-state index contributed by atoms with van der Waals surface area (Å²) in [4.78, 5) is 16.0. The number of ether oxygens (including phenoxy) is 1. The van der Waals surface area contributed by atoms with Crippen LogP contribution in [0.1, 0.15) is 18.1 Å². The Morgan fingerprint density at radius 1 is 1.32 bits per heavy atom. The van der Waals surface area contributed by atoms with Crippen LogP contribution < -0.4 is 10.1 Å². The zero-order valence-corrected chi connectivity index (χ0v) is 13.8. The van der Waals surface area contributed by atoms with Gasteiger partial charge in [0.1, 0.15) is 0 Å². The molecular weight excluding hydrogens is 344 g/mol. The summed E-state index contributed by atoms with van der Waals surface area (Å²) in [5.74, 6) is 0.399. The molecule has 1 aromatic carbocycles.